The lowest BCUT2D eigenvalue weighted by Gasteiger charge is -2.35. The van der Waals surface area contributed by atoms with Crippen molar-refractivity contribution in [3.05, 3.63) is 0 Å². The Hall–Kier alpha value is -1.34. The Morgan fingerprint density at radius 3 is 2.32 bits per heavy atom. The minimum atomic E-state index is -0.0844. The predicted molar refractivity (Wildman–Crippen MR) is 107 cm³/mol. The van der Waals surface area contributed by atoms with E-state index in [2.05, 4.69) is 10.6 Å². The lowest BCUT2D eigenvalue weighted by atomic mass is 9.86. The zero-order valence-corrected chi connectivity index (χ0v) is 17.3. The van der Waals surface area contributed by atoms with Gasteiger partial charge >= 0.3 is 12.0 Å². The number of amides is 2. The van der Waals surface area contributed by atoms with Crippen LogP contribution in [0.3, 0.4) is 0 Å². The highest BCUT2D eigenvalue weighted by atomic mass is 16.5. The normalized spacial score (nSPS) is 27.4. The van der Waals surface area contributed by atoms with Gasteiger partial charge in [0.05, 0.1) is 18.6 Å². The molecule has 1 aliphatic carbocycles. The smallest absolute Gasteiger partial charge is 0.317 e. The molecule has 2 saturated heterocycles. The van der Waals surface area contributed by atoms with Gasteiger partial charge in [0.15, 0.2) is 0 Å². The molecule has 0 unspecified atom stereocenters. The number of hydrogen-bond acceptors (Lipinski definition) is 5. The van der Waals surface area contributed by atoms with Crippen LogP contribution in [0, 0.1) is 11.8 Å². The topological polar surface area (TPSA) is 79.9 Å². The van der Waals surface area contributed by atoms with Crippen LogP contribution in [0.25, 0.3) is 0 Å². The van der Waals surface area contributed by atoms with E-state index in [0.717, 1.165) is 71.3 Å². The molecule has 28 heavy (non-hydrogen) atoms. The van der Waals surface area contributed by atoms with Crippen molar-refractivity contribution in [1.82, 2.24) is 15.5 Å². The highest BCUT2D eigenvalue weighted by Crippen LogP contribution is 2.26. The average molecular weight is 396 g/mol. The van der Waals surface area contributed by atoms with Crippen molar-refractivity contribution in [2.75, 3.05) is 39.4 Å². The first-order valence-corrected chi connectivity index (χ1v) is 11.2. The number of esters is 1. The summed E-state index contributed by atoms with van der Waals surface area (Å²) >= 11 is 0. The summed E-state index contributed by atoms with van der Waals surface area (Å²) in [6.45, 7) is 6.88. The standard InChI is InChI=1S/C21H37N3O4/c1-2-27-20(25)17-3-5-18(6-4-17)23-21(26)24-13-9-19(10-14-24)28-15-16-7-11-22-12-8-16/h16-19,22H,2-15H2,1H3,(H,23,26). The van der Waals surface area contributed by atoms with E-state index >= 15 is 0 Å². The molecule has 0 spiro atoms. The molecule has 3 aliphatic rings. The molecule has 2 aliphatic heterocycles. The quantitative estimate of drug-likeness (QED) is 0.675. The van der Waals surface area contributed by atoms with Gasteiger partial charge in [-0.1, -0.05) is 0 Å². The summed E-state index contributed by atoms with van der Waals surface area (Å²) in [4.78, 5) is 26.3. The fraction of sp³-hybridized carbons (Fsp3) is 0.905. The maximum Gasteiger partial charge on any atom is 0.317 e. The Labute approximate surface area is 168 Å². The Morgan fingerprint density at radius 1 is 1.00 bits per heavy atom. The second-order valence-electron chi connectivity index (χ2n) is 8.46. The van der Waals surface area contributed by atoms with Gasteiger partial charge in [-0.2, -0.15) is 0 Å². The van der Waals surface area contributed by atoms with Crippen LogP contribution < -0.4 is 10.6 Å². The molecule has 0 atom stereocenters. The number of piperidine rings is 2. The van der Waals surface area contributed by atoms with E-state index in [1.54, 1.807) is 0 Å². The van der Waals surface area contributed by atoms with Gasteiger partial charge in [-0.15, -0.1) is 0 Å². The molecular weight excluding hydrogens is 358 g/mol. The molecular formula is C21H37N3O4. The number of hydrogen-bond donors (Lipinski definition) is 2. The summed E-state index contributed by atoms with van der Waals surface area (Å²) in [5.41, 5.74) is 0. The van der Waals surface area contributed by atoms with Gasteiger partial charge in [-0.3, -0.25) is 4.79 Å². The van der Waals surface area contributed by atoms with Gasteiger partial charge in [0.1, 0.15) is 0 Å². The highest BCUT2D eigenvalue weighted by molar-refractivity contribution is 5.75. The number of carbonyl (C=O) groups excluding carboxylic acids is 2. The third-order valence-corrected chi connectivity index (χ3v) is 6.43. The molecule has 3 fully saturated rings. The molecule has 7 nitrogen and oxygen atoms in total. The molecule has 0 radical (unpaired) electrons. The number of likely N-dealkylation sites (tertiary alicyclic amines) is 1. The maximum absolute atomic E-state index is 12.6. The van der Waals surface area contributed by atoms with Crippen LogP contribution in [0.5, 0.6) is 0 Å². The summed E-state index contributed by atoms with van der Waals surface area (Å²) in [5.74, 6) is 0.604. The summed E-state index contributed by atoms with van der Waals surface area (Å²) in [6.07, 6.45) is 7.86. The number of nitrogens with zero attached hydrogens (tertiary/aromatic N) is 1. The lowest BCUT2D eigenvalue weighted by molar-refractivity contribution is -0.149. The van der Waals surface area contributed by atoms with Crippen molar-refractivity contribution in [2.45, 2.75) is 70.4 Å². The molecule has 1 saturated carbocycles. The second-order valence-corrected chi connectivity index (χ2v) is 8.46. The van der Waals surface area contributed by atoms with E-state index in [0.29, 0.717) is 18.6 Å². The van der Waals surface area contributed by atoms with E-state index in [9.17, 15) is 9.59 Å². The van der Waals surface area contributed by atoms with Gasteiger partial charge in [0.25, 0.3) is 0 Å². The first kappa shape index (κ1) is 21.4. The third-order valence-electron chi connectivity index (χ3n) is 6.43. The molecule has 2 amide bonds. The van der Waals surface area contributed by atoms with Crippen LogP contribution in [0.1, 0.15) is 58.3 Å². The van der Waals surface area contributed by atoms with Gasteiger partial charge in [-0.05, 0) is 77.3 Å². The zero-order chi connectivity index (χ0) is 19.8. The fourth-order valence-corrected chi connectivity index (χ4v) is 4.55. The molecule has 0 aromatic carbocycles. The largest absolute Gasteiger partial charge is 0.466 e. The van der Waals surface area contributed by atoms with Crippen LogP contribution in [0.4, 0.5) is 4.79 Å². The van der Waals surface area contributed by atoms with Crippen LogP contribution in [-0.4, -0.2) is 68.4 Å². The highest BCUT2D eigenvalue weighted by Gasteiger charge is 2.30. The number of carbonyl (C=O) groups is 2. The second kappa shape index (κ2) is 11.0. The first-order chi connectivity index (χ1) is 13.7. The molecule has 0 aromatic heterocycles. The number of nitrogens with one attached hydrogen (secondary N) is 2. The number of rotatable bonds is 6. The van der Waals surface area contributed by atoms with Crippen LogP contribution in [0.15, 0.2) is 0 Å². The van der Waals surface area contributed by atoms with Crippen molar-refractivity contribution in [2.24, 2.45) is 11.8 Å². The van der Waals surface area contributed by atoms with Crippen molar-refractivity contribution >= 4 is 12.0 Å². The van der Waals surface area contributed by atoms with Gasteiger partial charge < -0.3 is 25.0 Å². The molecule has 3 rings (SSSR count). The van der Waals surface area contributed by atoms with Crippen molar-refractivity contribution < 1.29 is 19.1 Å². The summed E-state index contributed by atoms with van der Waals surface area (Å²) in [7, 11) is 0. The molecule has 7 heteroatoms. The maximum atomic E-state index is 12.6. The Bertz CT molecular complexity index is 494. The Balaban J connectivity index is 1.30. The van der Waals surface area contributed by atoms with Crippen molar-refractivity contribution in [3.63, 3.8) is 0 Å². The first-order valence-electron chi connectivity index (χ1n) is 11.2. The Kier molecular flexibility index (Phi) is 8.40. The van der Waals surface area contributed by atoms with E-state index < -0.39 is 0 Å². The molecule has 160 valence electrons. The van der Waals surface area contributed by atoms with Crippen LogP contribution in [0.2, 0.25) is 0 Å². The van der Waals surface area contributed by atoms with Gasteiger partial charge in [0.2, 0.25) is 0 Å². The number of urea groups is 1. The molecule has 2 heterocycles. The van der Waals surface area contributed by atoms with E-state index in [1.165, 1.54) is 12.8 Å². The summed E-state index contributed by atoms with van der Waals surface area (Å²) in [6, 6.07) is 0.212. The van der Waals surface area contributed by atoms with Crippen LogP contribution >= 0.6 is 0 Å². The van der Waals surface area contributed by atoms with Crippen LogP contribution in [-0.2, 0) is 14.3 Å². The molecule has 0 bridgehead atoms. The summed E-state index contributed by atoms with van der Waals surface area (Å²) < 4.78 is 11.2. The van der Waals surface area contributed by atoms with Crippen molar-refractivity contribution in [3.8, 4) is 0 Å². The minimum absolute atomic E-state index is 0.000872. The minimum Gasteiger partial charge on any atom is -0.466 e. The molecule has 0 aromatic rings. The van der Waals surface area contributed by atoms with E-state index in [1.807, 2.05) is 11.8 Å². The van der Waals surface area contributed by atoms with Gasteiger partial charge in [-0.25, -0.2) is 4.79 Å². The van der Waals surface area contributed by atoms with E-state index in [4.69, 9.17) is 9.47 Å². The zero-order valence-electron chi connectivity index (χ0n) is 17.3. The summed E-state index contributed by atoms with van der Waals surface area (Å²) in [5, 5.41) is 6.55. The monoisotopic (exact) mass is 395 g/mol. The third kappa shape index (κ3) is 6.34. The molecule has 2 N–H and O–H groups in total. The van der Waals surface area contributed by atoms with E-state index in [-0.39, 0.29) is 24.0 Å². The predicted octanol–water partition coefficient (Wildman–Crippen LogP) is 2.30. The Morgan fingerprint density at radius 2 is 1.68 bits per heavy atom. The lowest BCUT2D eigenvalue weighted by Crippen LogP contribution is -2.50. The number of ether oxygens (including phenoxy) is 2. The van der Waals surface area contributed by atoms with Crippen molar-refractivity contribution in [1.29, 1.82) is 0 Å². The SMILES string of the molecule is CCOC(=O)C1CCC(NC(=O)N2CCC(OCC3CCNCC3)CC2)CC1. The average Bonchev–Trinajstić information content (AvgIpc) is 2.74. The van der Waals surface area contributed by atoms with Gasteiger partial charge in [0, 0.05) is 25.7 Å². The fourth-order valence-electron chi connectivity index (χ4n) is 4.55.